The van der Waals surface area contributed by atoms with Gasteiger partial charge in [-0.1, -0.05) is 0 Å². The smallest absolute Gasteiger partial charge is 0.264 e. The van der Waals surface area contributed by atoms with Crippen molar-refractivity contribution in [1.82, 2.24) is 0 Å². The van der Waals surface area contributed by atoms with Crippen LogP contribution in [-0.4, -0.2) is 19.6 Å². The summed E-state index contributed by atoms with van der Waals surface area (Å²) in [5.74, 6) is 0. The third-order valence-electron chi connectivity index (χ3n) is 0.272. The second-order valence-electron chi connectivity index (χ2n) is 0.848. The monoisotopic (exact) mass is 160 g/mol. The van der Waals surface area contributed by atoms with Crippen LogP contribution in [0.15, 0.2) is 0 Å². The van der Waals surface area contributed by atoms with Gasteiger partial charge in [-0.2, -0.15) is 13.7 Å². The number of rotatable bonds is 2. The predicted molar refractivity (Wildman–Crippen MR) is 23.1 cm³/mol. The predicted octanol–water partition coefficient (Wildman–Crippen LogP) is -3.67. The molecule has 0 aromatic heterocycles. The van der Waals surface area contributed by atoms with Gasteiger partial charge in [-0.3, -0.25) is 4.55 Å². The average molecular weight is 160 g/mol. The molecule has 0 unspecified atom stereocenters. The van der Waals surface area contributed by atoms with E-state index in [2.05, 4.69) is 4.18 Å². The molecule has 0 atom stereocenters. The van der Waals surface area contributed by atoms with E-state index in [1.807, 2.05) is 0 Å². The first kappa shape index (κ1) is 12.1. The second-order valence-corrected chi connectivity index (χ2v) is 1.94. The molecule has 0 aliphatic carbocycles. The van der Waals surface area contributed by atoms with Crippen molar-refractivity contribution in [2.24, 2.45) is 0 Å². The molecule has 0 rings (SSSR count). The molecule has 0 aromatic carbocycles. The molecule has 9 heavy (non-hydrogen) atoms. The van der Waals surface area contributed by atoms with Gasteiger partial charge < -0.3 is 0 Å². The summed E-state index contributed by atoms with van der Waals surface area (Å²) in [4.78, 5) is 0. The molecule has 7 heteroatoms. The SMILES string of the molecule is N#CCOS(=O)(=O)O.[Na+]. The number of nitriles is 1. The van der Waals surface area contributed by atoms with E-state index in [4.69, 9.17) is 9.81 Å². The van der Waals surface area contributed by atoms with Crippen molar-refractivity contribution in [2.45, 2.75) is 0 Å². The Hall–Kier alpha value is 0.360. The third-order valence-corrected chi connectivity index (χ3v) is 0.688. The summed E-state index contributed by atoms with van der Waals surface area (Å²) in [7, 11) is -4.41. The molecule has 0 aliphatic heterocycles. The molecule has 0 radical (unpaired) electrons. The Balaban J connectivity index is 0. The van der Waals surface area contributed by atoms with E-state index in [1.165, 1.54) is 6.07 Å². The minimum Gasteiger partial charge on any atom is -0.264 e. The quantitative estimate of drug-likeness (QED) is 0.332. The number of nitrogens with zero attached hydrogens (tertiary/aromatic N) is 1. The van der Waals surface area contributed by atoms with Crippen LogP contribution in [0.5, 0.6) is 0 Å². The van der Waals surface area contributed by atoms with Gasteiger partial charge >= 0.3 is 40.0 Å². The fourth-order valence-corrected chi connectivity index (χ4v) is 0.302. The molecule has 1 N–H and O–H groups in total. The Morgan fingerprint density at radius 3 is 2.22 bits per heavy atom. The van der Waals surface area contributed by atoms with Crippen molar-refractivity contribution in [1.29, 1.82) is 5.26 Å². The minimum atomic E-state index is -4.41. The van der Waals surface area contributed by atoms with E-state index < -0.39 is 17.0 Å². The zero-order chi connectivity index (χ0) is 6.62. The van der Waals surface area contributed by atoms with Crippen LogP contribution in [0.4, 0.5) is 0 Å². The largest absolute Gasteiger partial charge is 1.00 e. The molecule has 0 saturated heterocycles. The molecule has 0 fully saturated rings. The van der Waals surface area contributed by atoms with Gasteiger partial charge in [0.2, 0.25) is 0 Å². The summed E-state index contributed by atoms with van der Waals surface area (Å²) in [5.41, 5.74) is 0. The van der Waals surface area contributed by atoms with E-state index in [-0.39, 0.29) is 29.6 Å². The normalized spacial score (nSPS) is 9.33. The number of hydrogen-bond acceptors (Lipinski definition) is 4. The van der Waals surface area contributed by atoms with E-state index in [0.29, 0.717) is 0 Å². The first-order chi connectivity index (χ1) is 3.56. The van der Waals surface area contributed by atoms with Crippen LogP contribution in [0.3, 0.4) is 0 Å². The molecule has 0 bridgehead atoms. The summed E-state index contributed by atoms with van der Waals surface area (Å²) in [6, 6.07) is 1.36. The molecule has 0 aromatic rings. The molecule has 0 aliphatic rings. The molecular weight excluding hydrogens is 157 g/mol. The van der Waals surface area contributed by atoms with E-state index in [0.717, 1.165) is 0 Å². The van der Waals surface area contributed by atoms with Crippen molar-refractivity contribution in [3.8, 4) is 6.07 Å². The third kappa shape index (κ3) is 11.8. The topological polar surface area (TPSA) is 87.4 Å². The van der Waals surface area contributed by atoms with Crippen molar-refractivity contribution in [2.75, 3.05) is 6.61 Å². The maximum atomic E-state index is 9.57. The maximum absolute atomic E-state index is 9.57. The molecular formula is C2H3NNaO4S+. The summed E-state index contributed by atoms with van der Waals surface area (Å²) >= 11 is 0. The summed E-state index contributed by atoms with van der Waals surface area (Å²) in [6.07, 6.45) is 0. The number of hydrogen-bond donors (Lipinski definition) is 1. The van der Waals surface area contributed by atoms with Crippen LogP contribution >= 0.6 is 0 Å². The fourth-order valence-electron chi connectivity index (χ4n) is 0.101. The fraction of sp³-hybridized carbons (Fsp3) is 0.500. The van der Waals surface area contributed by atoms with Gasteiger partial charge in [0, 0.05) is 0 Å². The van der Waals surface area contributed by atoms with Crippen molar-refractivity contribution < 1.29 is 46.7 Å². The van der Waals surface area contributed by atoms with E-state index in [9.17, 15) is 8.42 Å². The molecule has 5 nitrogen and oxygen atoms in total. The zero-order valence-electron chi connectivity index (χ0n) is 4.73. The molecule has 0 saturated carbocycles. The Morgan fingerprint density at radius 2 is 2.11 bits per heavy atom. The van der Waals surface area contributed by atoms with Crippen LogP contribution in [-0.2, 0) is 14.6 Å². The van der Waals surface area contributed by atoms with Crippen LogP contribution in [0.1, 0.15) is 0 Å². The van der Waals surface area contributed by atoms with Gasteiger partial charge in [0.05, 0.1) is 6.07 Å². The van der Waals surface area contributed by atoms with Crippen molar-refractivity contribution in [3.63, 3.8) is 0 Å². The van der Waals surface area contributed by atoms with E-state index >= 15 is 0 Å². The molecule has 0 spiro atoms. The molecule has 46 valence electrons. The molecule has 0 heterocycles. The Kier molecular flexibility index (Phi) is 6.94. The van der Waals surface area contributed by atoms with Gasteiger partial charge in [-0.25, -0.2) is 4.18 Å². The van der Waals surface area contributed by atoms with Gasteiger partial charge in [0.25, 0.3) is 0 Å². The standard InChI is InChI=1S/C2H3NO4S.Na/c3-1-2-7-8(4,5)6;/h2H2,(H,4,5,6);/q;+1. The van der Waals surface area contributed by atoms with Gasteiger partial charge in [-0.15, -0.1) is 0 Å². The minimum absolute atomic E-state index is 0. The van der Waals surface area contributed by atoms with Crippen molar-refractivity contribution >= 4 is 10.4 Å². The Bertz CT molecular complexity index is 191. The molecule has 0 amide bonds. The van der Waals surface area contributed by atoms with Crippen molar-refractivity contribution in [3.05, 3.63) is 0 Å². The summed E-state index contributed by atoms with van der Waals surface area (Å²) in [6.45, 7) is -0.654. The van der Waals surface area contributed by atoms with Crippen LogP contribution in [0.2, 0.25) is 0 Å². The van der Waals surface area contributed by atoms with Crippen LogP contribution < -0.4 is 29.6 Å². The Labute approximate surface area is 74.9 Å². The van der Waals surface area contributed by atoms with Gasteiger partial charge in [-0.05, 0) is 0 Å². The van der Waals surface area contributed by atoms with Crippen LogP contribution in [0, 0.1) is 11.3 Å². The average Bonchev–Trinajstić information content (AvgIpc) is 1.59. The second kappa shape index (κ2) is 5.17. The maximum Gasteiger partial charge on any atom is 1.00 e. The zero-order valence-corrected chi connectivity index (χ0v) is 7.55. The van der Waals surface area contributed by atoms with E-state index in [1.54, 1.807) is 0 Å². The first-order valence-electron chi connectivity index (χ1n) is 1.55. The summed E-state index contributed by atoms with van der Waals surface area (Å²) < 4.78 is 30.4. The Morgan fingerprint density at radius 1 is 1.67 bits per heavy atom. The first-order valence-corrected chi connectivity index (χ1v) is 2.91. The van der Waals surface area contributed by atoms with Crippen LogP contribution in [0.25, 0.3) is 0 Å². The summed E-state index contributed by atoms with van der Waals surface area (Å²) in [5, 5.41) is 7.68. The van der Waals surface area contributed by atoms with Gasteiger partial charge in [0.1, 0.15) is 0 Å². The van der Waals surface area contributed by atoms with Gasteiger partial charge in [0.15, 0.2) is 6.61 Å².